The van der Waals surface area contributed by atoms with E-state index in [4.69, 9.17) is 0 Å². The molecule has 6 nitrogen and oxygen atoms in total. The van der Waals surface area contributed by atoms with Crippen LogP contribution in [0.15, 0.2) is 30.7 Å². The standard InChI is InChI=1S/C21H25N5OS/c1-13-22-12-19(28-13)16-8-15-9-20(24-11-18(15)23-10-16)25-21(27)14-4-6-17(7-5-14)26(2)3/h8-12,14,17H,4-7H2,1-3H3,(H,24,25,27)/t14-,17-. The Labute approximate surface area is 169 Å². The molecule has 1 aliphatic rings. The van der Waals surface area contributed by atoms with E-state index in [1.54, 1.807) is 17.5 Å². The molecule has 0 radical (unpaired) electrons. The lowest BCUT2D eigenvalue weighted by Gasteiger charge is -2.31. The number of carbonyl (C=O) groups is 1. The van der Waals surface area contributed by atoms with Gasteiger partial charge in [0.25, 0.3) is 0 Å². The number of rotatable bonds is 4. The number of fused-ring (bicyclic) bond motifs is 1. The largest absolute Gasteiger partial charge is 0.310 e. The van der Waals surface area contributed by atoms with Crippen LogP contribution in [-0.4, -0.2) is 45.9 Å². The Morgan fingerprint density at radius 2 is 1.86 bits per heavy atom. The molecule has 3 heterocycles. The van der Waals surface area contributed by atoms with Crippen LogP contribution in [0.2, 0.25) is 0 Å². The van der Waals surface area contributed by atoms with E-state index in [1.807, 2.05) is 25.4 Å². The summed E-state index contributed by atoms with van der Waals surface area (Å²) in [6.45, 7) is 1.99. The first-order valence-corrected chi connectivity index (χ1v) is 10.5. The molecule has 146 valence electrons. The van der Waals surface area contributed by atoms with E-state index in [-0.39, 0.29) is 11.8 Å². The summed E-state index contributed by atoms with van der Waals surface area (Å²) in [5, 5.41) is 5.00. The molecule has 1 amide bonds. The van der Waals surface area contributed by atoms with Crippen molar-refractivity contribution in [3.05, 3.63) is 35.7 Å². The van der Waals surface area contributed by atoms with Gasteiger partial charge >= 0.3 is 0 Å². The zero-order chi connectivity index (χ0) is 19.7. The molecule has 0 saturated heterocycles. The number of aromatic nitrogens is 3. The van der Waals surface area contributed by atoms with Gasteiger partial charge in [0.15, 0.2) is 0 Å². The molecule has 0 aliphatic heterocycles. The average Bonchev–Trinajstić information content (AvgIpc) is 3.14. The number of hydrogen-bond donors (Lipinski definition) is 1. The van der Waals surface area contributed by atoms with Gasteiger partial charge < -0.3 is 10.2 Å². The summed E-state index contributed by atoms with van der Waals surface area (Å²) in [6.07, 6.45) is 9.43. The predicted molar refractivity (Wildman–Crippen MR) is 113 cm³/mol. The smallest absolute Gasteiger partial charge is 0.228 e. The van der Waals surface area contributed by atoms with Gasteiger partial charge in [0.1, 0.15) is 5.82 Å². The maximum Gasteiger partial charge on any atom is 0.228 e. The van der Waals surface area contributed by atoms with Crippen LogP contribution in [0.4, 0.5) is 5.82 Å². The van der Waals surface area contributed by atoms with Gasteiger partial charge in [-0.3, -0.25) is 9.78 Å². The Kier molecular flexibility index (Phi) is 5.37. The van der Waals surface area contributed by atoms with Gasteiger partial charge in [-0.2, -0.15) is 0 Å². The number of hydrogen-bond acceptors (Lipinski definition) is 6. The first kappa shape index (κ1) is 19.0. The number of aryl methyl sites for hydroxylation is 1. The molecule has 3 aromatic heterocycles. The Morgan fingerprint density at radius 1 is 1.07 bits per heavy atom. The maximum absolute atomic E-state index is 12.7. The van der Waals surface area contributed by atoms with Crippen molar-refractivity contribution in [3.63, 3.8) is 0 Å². The van der Waals surface area contributed by atoms with E-state index in [1.165, 1.54) is 0 Å². The lowest BCUT2D eigenvalue weighted by atomic mass is 9.85. The predicted octanol–water partition coefficient (Wildman–Crippen LogP) is 4.12. The quantitative estimate of drug-likeness (QED) is 0.719. The Hall–Kier alpha value is -2.38. The Bertz CT molecular complexity index is 991. The van der Waals surface area contributed by atoms with Gasteiger partial charge in [-0.1, -0.05) is 0 Å². The molecule has 0 unspecified atom stereocenters. The molecule has 1 N–H and O–H groups in total. The average molecular weight is 396 g/mol. The number of nitrogens with zero attached hydrogens (tertiary/aromatic N) is 4. The molecule has 1 aliphatic carbocycles. The minimum atomic E-state index is 0.0679. The zero-order valence-corrected chi connectivity index (χ0v) is 17.3. The van der Waals surface area contributed by atoms with Crippen LogP contribution in [0.3, 0.4) is 0 Å². The second kappa shape index (κ2) is 7.93. The zero-order valence-electron chi connectivity index (χ0n) is 16.5. The van der Waals surface area contributed by atoms with Crippen molar-refractivity contribution < 1.29 is 4.79 Å². The fraction of sp³-hybridized carbons (Fsp3) is 0.429. The molecule has 3 aromatic rings. The van der Waals surface area contributed by atoms with Gasteiger partial charge in [0.2, 0.25) is 5.91 Å². The summed E-state index contributed by atoms with van der Waals surface area (Å²) >= 11 is 1.65. The van der Waals surface area contributed by atoms with Crippen LogP contribution in [0, 0.1) is 12.8 Å². The highest BCUT2D eigenvalue weighted by molar-refractivity contribution is 7.15. The summed E-state index contributed by atoms with van der Waals surface area (Å²) in [4.78, 5) is 29.2. The van der Waals surface area contributed by atoms with Crippen molar-refractivity contribution in [3.8, 4) is 10.4 Å². The van der Waals surface area contributed by atoms with Gasteiger partial charge in [0.05, 0.1) is 21.6 Å². The number of carbonyl (C=O) groups excluding carboxylic acids is 1. The molecule has 4 rings (SSSR count). The van der Waals surface area contributed by atoms with E-state index in [0.29, 0.717) is 11.9 Å². The van der Waals surface area contributed by atoms with Crippen molar-refractivity contribution in [2.24, 2.45) is 5.92 Å². The summed E-state index contributed by atoms with van der Waals surface area (Å²) in [6, 6.07) is 4.57. The highest BCUT2D eigenvalue weighted by atomic mass is 32.1. The van der Waals surface area contributed by atoms with E-state index in [0.717, 1.165) is 52.0 Å². The van der Waals surface area contributed by atoms with Gasteiger partial charge in [-0.25, -0.2) is 9.97 Å². The van der Waals surface area contributed by atoms with Gasteiger partial charge in [-0.15, -0.1) is 11.3 Å². The van der Waals surface area contributed by atoms with Crippen LogP contribution in [0.25, 0.3) is 21.3 Å². The summed E-state index contributed by atoms with van der Waals surface area (Å²) < 4.78 is 0. The Balaban J connectivity index is 1.49. The van der Waals surface area contributed by atoms with Crippen LogP contribution in [0.1, 0.15) is 30.7 Å². The van der Waals surface area contributed by atoms with Crippen LogP contribution in [0.5, 0.6) is 0 Å². The third-order valence-corrected chi connectivity index (χ3v) is 6.48. The number of nitrogens with one attached hydrogen (secondary N) is 1. The van der Waals surface area contributed by atoms with E-state index >= 15 is 0 Å². The number of thiazole rings is 1. The number of amides is 1. The monoisotopic (exact) mass is 395 g/mol. The molecule has 0 aromatic carbocycles. The third-order valence-electron chi connectivity index (χ3n) is 5.52. The van der Waals surface area contributed by atoms with E-state index in [9.17, 15) is 4.79 Å². The molecule has 7 heteroatoms. The molecule has 1 fully saturated rings. The maximum atomic E-state index is 12.7. The molecule has 0 atom stereocenters. The first-order valence-electron chi connectivity index (χ1n) is 9.65. The van der Waals surface area contributed by atoms with Crippen molar-refractivity contribution in [2.45, 2.75) is 38.6 Å². The molecule has 28 heavy (non-hydrogen) atoms. The van der Waals surface area contributed by atoms with Crippen LogP contribution < -0.4 is 5.32 Å². The minimum Gasteiger partial charge on any atom is -0.310 e. The number of anilines is 1. The first-order chi connectivity index (χ1) is 13.5. The fourth-order valence-electron chi connectivity index (χ4n) is 3.81. The van der Waals surface area contributed by atoms with E-state index < -0.39 is 0 Å². The normalized spacial score (nSPS) is 19.9. The molecule has 1 saturated carbocycles. The highest BCUT2D eigenvalue weighted by Gasteiger charge is 2.27. The summed E-state index contributed by atoms with van der Waals surface area (Å²) in [5.41, 5.74) is 1.85. The molecular weight excluding hydrogens is 370 g/mol. The van der Waals surface area contributed by atoms with Gasteiger partial charge in [-0.05, 0) is 58.8 Å². The van der Waals surface area contributed by atoms with Crippen molar-refractivity contribution >= 4 is 34.0 Å². The van der Waals surface area contributed by atoms with Crippen LogP contribution >= 0.6 is 11.3 Å². The summed E-state index contributed by atoms with van der Waals surface area (Å²) in [5.74, 6) is 0.733. The molecular formula is C21H25N5OS. The topological polar surface area (TPSA) is 71.0 Å². The highest BCUT2D eigenvalue weighted by Crippen LogP contribution is 2.29. The third kappa shape index (κ3) is 4.05. The number of pyridine rings is 2. The van der Waals surface area contributed by atoms with E-state index in [2.05, 4.69) is 45.3 Å². The molecule has 0 spiro atoms. The lowest BCUT2D eigenvalue weighted by Crippen LogP contribution is -2.35. The van der Waals surface area contributed by atoms with Gasteiger partial charge in [0, 0.05) is 35.3 Å². The fourth-order valence-corrected chi connectivity index (χ4v) is 4.57. The molecule has 0 bridgehead atoms. The SMILES string of the molecule is Cc1ncc(-c2cnc3cnc(NC(=O)[C@H]4CC[C@H](N(C)C)CC4)cc3c2)s1. The second-order valence-electron chi connectivity index (χ2n) is 7.69. The minimum absolute atomic E-state index is 0.0679. The lowest BCUT2D eigenvalue weighted by molar-refractivity contribution is -0.121. The van der Waals surface area contributed by atoms with Crippen molar-refractivity contribution in [1.29, 1.82) is 0 Å². The second-order valence-corrected chi connectivity index (χ2v) is 8.92. The van der Waals surface area contributed by atoms with Crippen LogP contribution in [-0.2, 0) is 4.79 Å². The van der Waals surface area contributed by atoms with Crippen molar-refractivity contribution in [1.82, 2.24) is 19.9 Å². The Morgan fingerprint density at radius 3 is 2.54 bits per heavy atom. The summed E-state index contributed by atoms with van der Waals surface area (Å²) in [7, 11) is 4.22. The van der Waals surface area contributed by atoms with Crippen molar-refractivity contribution in [2.75, 3.05) is 19.4 Å².